The minimum absolute atomic E-state index is 0.341. The molecule has 0 radical (unpaired) electrons. The molecule has 0 amide bonds. The Morgan fingerprint density at radius 2 is 1.69 bits per heavy atom. The number of carboxylic acids is 1. The number of hydrogen-bond acceptors (Lipinski definition) is 4. The lowest BCUT2D eigenvalue weighted by Gasteiger charge is -2.27. The Balaban J connectivity index is 0.000000288. The molecule has 1 aromatic heterocycles. The van der Waals surface area contributed by atoms with Crippen molar-refractivity contribution in [2.45, 2.75) is 84.6 Å². The van der Waals surface area contributed by atoms with E-state index in [0.717, 1.165) is 47.0 Å². The van der Waals surface area contributed by atoms with Crippen LogP contribution in [0.2, 0.25) is 0 Å². The number of anilines is 1. The quantitative estimate of drug-likeness (QED) is 0.217. The maximum atomic E-state index is 10.1. The number of unbranched alkanes of at least 4 members (excludes halogenated alkanes) is 6. The third kappa shape index (κ3) is 8.28. The van der Waals surface area contributed by atoms with Crippen LogP contribution < -0.4 is 16.1 Å². The summed E-state index contributed by atoms with van der Waals surface area (Å²) in [5.41, 5.74) is 7.78. The smallest absolute Gasteiger partial charge is 0.303 e. The predicted molar refractivity (Wildman–Crippen MR) is 177 cm³/mol. The van der Waals surface area contributed by atoms with Crippen LogP contribution in [-0.2, 0) is 11.2 Å². The molecule has 1 heterocycles. The Kier molecular flexibility index (Phi) is 11.3. The van der Waals surface area contributed by atoms with Crippen LogP contribution in [0, 0.1) is 0 Å². The third-order valence-electron chi connectivity index (χ3n) is 8.01. The van der Waals surface area contributed by atoms with Crippen molar-refractivity contribution in [1.82, 2.24) is 4.90 Å². The van der Waals surface area contributed by atoms with Gasteiger partial charge in [-0.3, -0.25) is 4.79 Å². The fourth-order valence-electron chi connectivity index (χ4n) is 5.35. The fraction of sp³-hybridized carbons (Fsp3) is 0.378. The normalized spacial score (nSPS) is 13.5. The standard InChI is InChI=1S/C27H26N2O.C10H20O2/c1-18(2)29(3)21-14-15-27-24(17-21)23-16-20(10-7-13-26(23)30-27)28-25-12-6-9-19-8-4-5-11-22(19)25;1-2-3-4-5-6-7-8-9-10(11)12/h4-16,18,28H,17H2,1-3H3;2-9H2,1H3,(H,11,12). The molecule has 2 aliphatic rings. The molecule has 0 spiro atoms. The van der Waals surface area contributed by atoms with Gasteiger partial charge in [-0.05, 0) is 62.1 Å². The van der Waals surface area contributed by atoms with Crippen molar-refractivity contribution in [3.8, 4) is 0 Å². The van der Waals surface area contributed by atoms with Gasteiger partial charge in [0.15, 0.2) is 0 Å². The van der Waals surface area contributed by atoms with E-state index in [0.29, 0.717) is 12.5 Å². The summed E-state index contributed by atoms with van der Waals surface area (Å²) < 4.78 is 6.17. The highest BCUT2D eigenvalue weighted by Gasteiger charge is 2.19. The summed E-state index contributed by atoms with van der Waals surface area (Å²) in [5, 5.41) is 14.4. The van der Waals surface area contributed by atoms with E-state index in [4.69, 9.17) is 9.52 Å². The van der Waals surface area contributed by atoms with E-state index < -0.39 is 5.97 Å². The summed E-state index contributed by atoms with van der Waals surface area (Å²) in [5.74, 6) is -0.663. The predicted octanol–water partition coefficient (Wildman–Crippen LogP) is 8.01. The lowest BCUT2D eigenvalue weighted by molar-refractivity contribution is -0.137. The van der Waals surface area contributed by atoms with E-state index in [2.05, 4.69) is 117 Å². The molecular weight excluding hydrogens is 520 g/mol. The van der Waals surface area contributed by atoms with Gasteiger partial charge in [0.05, 0.1) is 0 Å². The molecular formula is C37H46N2O3. The Morgan fingerprint density at radius 1 is 0.952 bits per heavy atom. The van der Waals surface area contributed by atoms with E-state index in [1.54, 1.807) is 0 Å². The van der Waals surface area contributed by atoms with Crippen molar-refractivity contribution in [3.05, 3.63) is 94.0 Å². The van der Waals surface area contributed by atoms with Crippen LogP contribution in [0.3, 0.4) is 0 Å². The van der Waals surface area contributed by atoms with Crippen molar-refractivity contribution in [1.29, 1.82) is 0 Å². The first-order valence-corrected chi connectivity index (χ1v) is 15.5. The van der Waals surface area contributed by atoms with E-state index in [-0.39, 0.29) is 0 Å². The molecule has 0 fully saturated rings. The molecule has 2 aliphatic carbocycles. The second-order valence-electron chi connectivity index (χ2n) is 11.5. The number of benzene rings is 2. The Labute approximate surface area is 250 Å². The Hall–Kier alpha value is -3.99. The number of fused-ring (bicyclic) bond motifs is 4. The molecule has 0 saturated carbocycles. The number of carboxylic acid groups (broad SMARTS) is 1. The van der Waals surface area contributed by atoms with Gasteiger partial charge in [0.2, 0.25) is 0 Å². The zero-order valence-corrected chi connectivity index (χ0v) is 25.7. The summed E-state index contributed by atoms with van der Waals surface area (Å²) in [6, 6.07) is 15.3. The number of nitrogens with zero attached hydrogens (tertiary/aromatic N) is 1. The van der Waals surface area contributed by atoms with Gasteiger partial charge < -0.3 is 19.7 Å². The second-order valence-corrected chi connectivity index (χ2v) is 11.5. The SMILES string of the molecule is CC(C)N(C)C1=CC=c2oc3c(c2C1)C=C(Nc1cccc2ccccc12)C=CC=3.CCCCCCCCCC(=O)O. The monoisotopic (exact) mass is 566 g/mol. The zero-order valence-electron chi connectivity index (χ0n) is 25.7. The number of rotatable bonds is 12. The van der Waals surface area contributed by atoms with Crippen molar-refractivity contribution < 1.29 is 14.3 Å². The fourth-order valence-corrected chi connectivity index (χ4v) is 5.35. The lowest BCUT2D eigenvalue weighted by atomic mass is 10.0. The first-order chi connectivity index (χ1) is 20.4. The number of carbonyl (C=O) groups is 1. The molecule has 42 heavy (non-hydrogen) atoms. The summed E-state index contributed by atoms with van der Waals surface area (Å²) in [7, 11) is 2.16. The summed E-state index contributed by atoms with van der Waals surface area (Å²) >= 11 is 0. The highest BCUT2D eigenvalue weighted by atomic mass is 16.4. The first kappa shape index (κ1) is 31.0. The maximum absolute atomic E-state index is 10.1. The number of nitrogens with one attached hydrogen (secondary N) is 1. The van der Waals surface area contributed by atoms with Crippen LogP contribution in [0.5, 0.6) is 0 Å². The molecule has 0 saturated heterocycles. The molecule has 5 heteroatoms. The number of likely N-dealkylation sites (N-methyl/N-ethyl adjacent to an activating group) is 1. The van der Waals surface area contributed by atoms with Crippen LogP contribution in [0.4, 0.5) is 5.69 Å². The van der Waals surface area contributed by atoms with Crippen molar-refractivity contribution in [3.63, 3.8) is 0 Å². The molecule has 0 bridgehead atoms. The molecule has 0 atom stereocenters. The van der Waals surface area contributed by atoms with Gasteiger partial charge in [-0.1, -0.05) is 87.9 Å². The van der Waals surface area contributed by atoms with Crippen molar-refractivity contribution in [2.75, 3.05) is 12.4 Å². The van der Waals surface area contributed by atoms with Crippen LogP contribution in [0.15, 0.2) is 76.5 Å². The molecule has 2 aromatic carbocycles. The second kappa shape index (κ2) is 15.3. The first-order valence-electron chi connectivity index (χ1n) is 15.5. The topological polar surface area (TPSA) is 65.7 Å². The number of allylic oxidation sites excluding steroid dienone is 4. The minimum atomic E-state index is -0.663. The summed E-state index contributed by atoms with van der Waals surface area (Å²) in [6.07, 6.45) is 22.2. The minimum Gasteiger partial charge on any atom is -0.481 e. The van der Waals surface area contributed by atoms with Gasteiger partial charge in [0.1, 0.15) is 10.8 Å². The van der Waals surface area contributed by atoms with Gasteiger partial charge in [-0.2, -0.15) is 0 Å². The summed E-state index contributed by atoms with van der Waals surface area (Å²) in [4.78, 5) is 12.5. The average Bonchev–Trinajstić information content (AvgIpc) is 3.19. The zero-order chi connectivity index (χ0) is 29.9. The van der Waals surface area contributed by atoms with Gasteiger partial charge in [-0.15, -0.1) is 0 Å². The van der Waals surface area contributed by atoms with E-state index in [1.165, 1.54) is 54.1 Å². The number of furan rings is 1. The average molecular weight is 567 g/mol. The molecule has 5 nitrogen and oxygen atoms in total. The van der Waals surface area contributed by atoms with E-state index in [1.807, 2.05) is 0 Å². The molecule has 5 rings (SSSR count). The van der Waals surface area contributed by atoms with E-state index >= 15 is 0 Å². The molecule has 222 valence electrons. The summed E-state index contributed by atoms with van der Waals surface area (Å²) in [6.45, 7) is 6.64. The van der Waals surface area contributed by atoms with Crippen LogP contribution in [0.1, 0.15) is 83.3 Å². The van der Waals surface area contributed by atoms with Crippen LogP contribution in [-0.4, -0.2) is 29.1 Å². The Morgan fingerprint density at radius 3 is 2.45 bits per heavy atom. The van der Waals surface area contributed by atoms with Gasteiger partial charge in [0.25, 0.3) is 0 Å². The van der Waals surface area contributed by atoms with Crippen LogP contribution in [0.25, 0.3) is 29.0 Å². The van der Waals surface area contributed by atoms with Gasteiger partial charge in [0, 0.05) is 59.5 Å². The lowest BCUT2D eigenvalue weighted by Crippen LogP contribution is -2.29. The van der Waals surface area contributed by atoms with Crippen molar-refractivity contribution in [2.24, 2.45) is 0 Å². The molecule has 0 aliphatic heterocycles. The maximum Gasteiger partial charge on any atom is 0.303 e. The highest BCUT2D eigenvalue weighted by molar-refractivity contribution is 5.95. The molecule has 0 unspecified atom stereocenters. The van der Waals surface area contributed by atoms with Crippen LogP contribution >= 0.6 is 0 Å². The Bertz CT molecular complexity index is 1570. The van der Waals surface area contributed by atoms with Crippen molar-refractivity contribution >= 4 is 40.7 Å². The molecule has 3 aromatic rings. The highest BCUT2D eigenvalue weighted by Crippen LogP contribution is 2.26. The number of aliphatic carboxylic acids is 1. The van der Waals surface area contributed by atoms with E-state index in [9.17, 15) is 4.79 Å². The molecule has 2 N–H and O–H groups in total. The van der Waals surface area contributed by atoms with Gasteiger partial charge >= 0.3 is 5.97 Å². The van der Waals surface area contributed by atoms with Gasteiger partial charge in [-0.25, -0.2) is 0 Å². The largest absolute Gasteiger partial charge is 0.481 e. The third-order valence-corrected chi connectivity index (χ3v) is 8.01. The number of hydrogen-bond donors (Lipinski definition) is 2.